The van der Waals surface area contributed by atoms with Crippen LogP contribution in [-0.2, 0) is 11.3 Å². The summed E-state index contributed by atoms with van der Waals surface area (Å²) in [6.45, 7) is 5.59. The third kappa shape index (κ3) is 3.37. The molecule has 0 unspecified atom stereocenters. The standard InChI is InChI=1S/C15H22ClNO3/c1-15(9-20-10-15)8-17(2)7-12-13(16)5-11(18-3)6-14(12)19-4/h5-6H,7-10H2,1-4H3. The predicted octanol–water partition coefficient (Wildman–Crippen LogP) is 2.83. The molecular weight excluding hydrogens is 278 g/mol. The molecule has 0 N–H and O–H groups in total. The van der Waals surface area contributed by atoms with E-state index in [-0.39, 0.29) is 5.41 Å². The molecule has 0 bridgehead atoms. The lowest BCUT2D eigenvalue weighted by molar-refractivity contribution is -0.113. The molecule has 5 heteroatoms. The fourth-order valence-corrected chi connectivity index (χ4v) is 2.82. The van der Waals surface area contributed by atoms with Gasteiger partial charge in [0.05, 0.1) is 32.5 Å². The minimum Gasteiger partial charge on any atom is -0.497 e. The molecule has 0 spiro atoms. The lowest BCUT2D eigenvalue weighted by Gasteiger charge is -2.41. The van der Waals surface area contributed by atoms with Crippen molar-refractivity contribution in [3.63, 3.8) is 0 Å². The Kier molecular flexibility index (Phi) is 4.78. The zero-order chi connectivity index (χ0) is 14.8. The monoisotopic (exact) mass is 299 g/mol. The molecule has 1 aliphatic rings. The van der Waals surface area contributed by atoms with Crippen LogP contribution in [0.3, 0.4) is 0 Å². The number of benzene rings is 1. The van der Waals surface area contributed by atoms with Gasteiger partial charge >= 0.3 is 0 Å². The van der Waals surface area contributed by atoms with Gasteiger partial charge in [0.1, 0.15) is 11.5 Å². The Balaban J connectivity index is 2.11. The average Bonchev–Trinajstić information content (AvgIpc) is 2.38. The highest BCUT2D eigenvalue weighted by Crippen LogP contribution is 2.34. The van der Waals surface area contributed by atoms with Crippen molar-refractivity contribution in [2.45, 2.75) is 13.5 Å². The fraction of sp³-hybridized carbons (Fsp3) is 0.600. The molecule has 1 aliphatic heterocycles. The molecule has 0 saturated carbocycles. The van der Waals surface area contributed by atoms with Gasteiger partial charge in [0.25, 0.3) is 0 Å². The van der Waals surface area contributed by atoms with E-state index in [1.807, 2.05) is 12.1 Å². The first-order valence-electron chi connectivity index (χ1n) is 6.64. The van der Waals surface area contributed by atoms with Crippen LogP contribution in [0.25, 0.3) is 0 Å². The third-order valence-corrected chi connectivity index (χ3v) is 3.90. The maximum absolute atomic E-state index is 6.34. The number of nitrogens with zero attached hydrogens (tertiary/aromatic N) is 1. The highest BCUT2D eigenvalue weighted by Gasteiger charge is 2.34. The molecule has 1 aromatic rings. The molecule has 2 rings (SSSR count). The number of halogens is 1. The van der Waals surface area contributed by atoms with Crippen molar-refractivity contribution in [2.24, 2.45) is 5.41 Å². The molecule has 112 valence electrons. The largest absolute Gasteiger partial charge is 0.497 e. The zero-order valence-corrected chi connectivity index (χ0v) is 13.3. The van der Waals surface area contributed by atoms with Crippen LogP contribution in [-0.4, -0.2) is 45.9 Å². The normalized spacial score (nSPS) is 16.9. The summed E-state index contributed by atoms with van der Waals surface area (Å²) >= 11 is 6.34. The van der Waals surface area contributed by atoms with Crippen LogP contribution in [0, 0.1) is 5.41 Å². The Labute approximate surface area is 125 Å². The van der Waals surface area contributed by atoms with Crippen LogP contribution in [0.5, 0.6) is 11.5 Å². The van der Waals surface area contributed by atoms with Crippen LogP contribution in [0.1, 0.15) is 12.5 Å². The van der Waals surface area contributed by atoms with Gasteiger partial charge in [-0.05, 0) is 13.1 Å². The van der Waals surface area contributed by atoms with E-state index in [0.29, 0.717) is 10.8 Å². The van der Waals surface area contributed by atoms with E-state index in [2.05, 4.69) is 18.9 Å². The molecule has 1 aromatic carbocycles. The van der Waals surface area contributed by atoms with Crippen LogP contribution < -0.4 is 9.47 Å². The van der Waals surface area contributed by atoms with Crippen LogP contribution in [0.2, 0.25) is 5.02 Å². The van der Waals surface area contributed by atoms with Crippen molar-refractivity contribution in [1.29, 1.82) is 0 Å². The Morgan fingerprint density at radius 1 is 1.30 bits per heavy atom. The summed E-state index contributed by atoms with van der Waals surface area (Å²) in [5, 5.41) is 0.670. The predicted molar refractivity (Wildman–Crippen MR) is 79.8 cm³/mol. The van der Waals surface area contributed by atoms with Crippen molar-refractivity contribution in [2.75, 3.05) is 41.0 Å². The van der Waals surface area contributed by atoms with Gasteiger partial charge in [0.2, 0.25) is 0 Å². The first-order valence-corrected chi connectivity index (χ1v) is 7.02. The summed E-state index contributed by atoms with van der Waals surface area (Å²) in [4.78, 5) is 2.25. The Morgan fingerprint density at radius 3 is 2.50 bits per heavy atom. The van der Waals surface area contributed by atoms with Crippen molar-refractivity contribution in [1.82, 2.24) is 4.90 Å². The molecule has 0 aromatic heterocycles. The maximum atomic E-state index is 6.34. The summed E-state index contributed by atoms with van der Waals surface area (Å²) in [5.41, 5.74) is 1.24. The Hall–Kier alpha value is -0.970. The van der Waals surface area contributed by atoms with Crippen molar-refractivity contribution in [3.05, 3.63) is 22.7 Å². The first kappa shape index (κ1) is 15.4. The van der Waals surface area contributed by atoms with Gasteiger partial charge in [-0.3, -0.25) is 0 Å². The fourth-order valence-electron chi connectivity index (χ4n) is 2.56. The SMILES string of the molecule is COc1cc(Cl)c(CN(C)CC2(C)COC2)c(OC)c1. The third-order valence-electron chi connectivity index (χ3n) is 3.56. The van der Waals surface area contributed by atoms with E-state index in [4.69, 9.17) is 25.8 Å². The average molecular weight is 300 g/mol. The van der Waals surface area contributed by atoms with Gasteiger partial charge in [-0.1, -0.05) is 18.5 Å². The molecule has 1 fully saturated rings. The molecule has 1 heterocycles. The molecule has 0 atom stereocenters. The Morgan fingerprint density at radius 2 is 2.00 bits per heavy atom. The number of methoxy groups -OCH3 is 2. The highest BCUT2D eigenvalue weighted by molar-refractivity contribution is 6.31. The maximum Gasteiger partial charge on any atom is 0.128 e. The van der Waals surface area contributed by atoms with Gasteiger partial charge < -0.3 is 19.1 Å². The second kappa shape index (κ2) is 6.20. The quantitative estimate of drug-likeness (QED) is 0.808. The van der Waals surface area contributed by atoms with Crippen LogP contribution in [0.4, 0.5) is 0 Å². The number of hydrogen-bond donors (Lipinski definition) is 0. The Bertz CT molecular complexity index is 474. The molecule has 20 heavy (non-hydrogen) atoms. The van der Waals surface area contributed by atoms with Gasteiger partial charge in [0.15, 0.2) is 0 Å². The molecule has 0 aliphatic carbocycles. The van der Waals surface area contributed by atoms with Gasteiger partial charge in [-0.15, -0.1) is 0 Å². The molecule has 0 radical (unpaired) electrons. The minimum absolute atomic E-state index is 0.251. The summed E-state index contributed by atoms with van der Waals surface area (Å²) in [7, 11) is 5.35. The van der Waals surface area contributed by atoms with E-state index < -0.39 is 0 Å². The summed E-state index contributed by atoms with van der Waals surface area (Å²) in [5.74, 6) is 1.47. The van der Waals surface area contributed by atoms with E-state index >= 15 is 0 Å². The summed E-state index contributed by atoms with van der Waals surface area (Å²) < 4.78 is 15.9. The number of ether oxygens (including phenoxy) is 3. The van der Waals surface area contributed by atoms with Gasteiger partial charge in [0, 0.05) is 30.1 Å². The molecule has 1 saturated heterocycles. The number of hydrogen-bond acceptors (Lipinski definition) is 4. The lowest BCUT2D eigenvalue weighted by Crippen LogP contribution is -2.47. The second-order valence-electron chi connectivity index (χ2n) is 5.77. The molecular formula is C15H22ClNO3. The zero-order valence-electron chi connectivity index (χ0n) is 12.5. The second-order valence-corrected chi connectivity index (χ2v) is 6.17. The summed E-state index contributed by atoms with van der Waals surface area (Å²) in [6, 6.07) is 3.69. The lowest BCUT2D eigenvalue weighted by atomic mass is 9.88. The smallest absolute Gasteiger partial charge is 0.128 e. The minimum atomic E-state index is 0.251. The molecule has 0 amide bonds. The molecule has 4 nitrogen and oxygen atoms in total. The van der Waals surface area contributed by atoms with Gasteiger partial charge in [-0.2, -0.15) is 0 Å². The highest BCUT2D eigenvalue weighted by atomic mass is 35.5. The van der Waals surface area contributed by atoms with Crippen molar-refractivity contribution in [3.8, 4) is 11.5 Å². The van der Waals surface area contributed by atoms with E-state index in [1.54, 1.807) is 14.2 Å². The van der Waals surface area contributed by atoms with Crippen molar-refractivity contribution >= 4 is 11.6 Å². The van der Waals surface area contributed by atoms with Crippen LogP contribution in [0.15, 0.2) is 12.1 Å². The first-order chi connectivity index (χ1) is 9.47. The number of rotatable bonds is 6. The van der Waals surface area contributed by atoms with Crippen LogP contribution >= 0.6 is 11.6 Å². The van der Waals surface area contributed by atoms with E-state index in [1.165, 1.54) is 0 Å². The summed E-state index contributed by atoms with van der Waals surface area (Å²) in [6.07, 6.45) is 0. The van der Waals surface area contributed by atoms with E-state index in [9.17, 15) is 0 Å². The topological polar surface area (TPSA) is 30.9 Å². The van der Waals surface area contributed by atoms with Gasteiger partial charge in [-0.25, -0.2) is 0 Å². The van der Waals surface area contributed by atoms with E-state index in [0.717, 1.165) is 37.6 Å². The van der Waals surface area contributed by atoms with Crippen molar-refractivity contribution < 1.29 is 14.2 Å².